The molecular formula is C16H21F6NiO4-. The van der Waals surface area contributed by atoms with Crippen LogP contribution < -0.4 is 0 Å². The summed E-state index contributed by atoms with van der Waals surface area (Å²) in [6, 6.07) is 0. The van der Waals surface area contributed by atoms with E-state index < -0.39 is 24.3 Å². The molecule has 0 amide bonds. The molecule has 0 atom stereocenters. The van der Waals surface area contributed by atoms with Gasteiger partial charge in [0.2, 0.25) is 0 Å². The number of allylic oxidation sites excluding steroid dienone is 6. The van der Waals surface area contributed by atoms with Crippen LogP contribution in [-0.2, 0) is 26.1 Å². The van der Waals surface area contributed by atoms with Crippen LogP contribution in [0.5, 0.6) is 0 Å². The number of carbonyl (C=O) groups is 2. The van der Waals surface area contributed by atoms with Gasteiger partial charge >= 0.3 is 24.3 Å². The summed E-state index contributed by atoms with van der Waals surface area (Å²) < 4.78 is 63.5. The van der Waals surface area contributed by atoms with Gasteiger partial charge in [0, 0.05) is 16.5 Å². The smallest absolute Gasteiger partial charge is 0.475 e. The molecule has 0 bridgehead atoms. The summed E-state index contributed by atoms with van der Waals surface area (Å²) in [5.41, 5.74) is 0. The van der Waals surface area contributed by atoms with Crippen molar-refractivity contribution in [1.82, 2.24) is 0 Å². The second-order valence-electron chi connectivity index (χ2n) is 4.27. The molecule has 0 heterocycles. The zero-order chi connectivity index (χ0) is 21.2. The minimum absolute atomic E-state index is 0. The number of aliphatic carboxylic acids is 2. The number of hydrogen-bond donors (Lipinski definition) is 2. The number of carboxylic acid groups (broad SMARTS) is 2. The average Bonchev–Trinajstić information content (AvgIpc) is 2.49. The zero-order valence-electron chi connectivity index (χ0n) is 14.3. The van der Waals surface area contributed by atoms with Crippen LogP contribution >= 0.6 is 0 Å². The van der Waals surface area contributed by atoms with Crippen molar-refractivity contribution < 1.29 is 62.6 Å². The second-order valence-corrected chi connectivity index (χ2v) is 4.27. The minimum Gasteiger partial charge on any atom is -0.475 e. The van der Waals surface area contributed by atoms with E-state index in [-0.39, 0.29) is 16.5 Å². The minimum atomic E-state index is -5.08. The van der Waals surface area contributed by atoms with Crippen LogP contribution in [0.1, 0.15) is 32.6 Å². The van der Waals surface area contributed by atoms with Gasteiger partial charge in [-0.2, -0.15) is 26.3 Å². The number of unbranched alkanes of at least 4 members (excludes halogenated alkanes) is 2. The monoisotopic (exact) mass is 449 g/mol. The molecule has 0 spiro atoms. The van der Waals surface area contributed by atoms with Crippen molar-refractivity contribution in [2.24, 2.45) is 0 Å². The molecule has 0 aromatic heterocycles. The molecule has 4 nitrogen and oxygen atoms in total. The molecule has 0 rings (SSSR count). The summed E-state index contributed by atoms with van der Waals surface area (Å²) in [6.07, 6.45) is 7.14. The van der Waals surface area contributed by atoms with Crippen molar-refractivity contribution in [3.05, 3.63) is 43.4 Å². The van der Waals surface area contributed by atoms with Gasteiger partial charge in [0.1, 0.15) is 0 Å². The first-order valence-corrected chi connectivity index (χ1v) is 7.11. The van der Waals surface area contributed by atoms with Crippen LogP contribution in [0, 0.1) is 6.92 Å². The third kappa shape index (κ3) is 32.3. The predicted molar refractivity (Wildman–Crippen MR) is 84.3 cm³/mol. The predicted octanol–water partition coefficient (Wildman–Crippen LogP) is 5.33. The van der Waals surface area contributed by atoms with E-state index >= 15 is 0 Å². The number of halogens is 6. The maximum Gasteiger partial charge on any atom is 0.490 e. The molecule has 0 aliphatic heterocycles. The van der Waals surface area contributed by atoms with Crippen molar-refractivity contribution >= 4 is 11.9 Å². The first kappa shape index (κ1) is 32.7. The van der Waals surface area contributed by atoms with Crippen molar-refractivity contribution in [3.63, 3.8) is 0 Å². The Morgan fingerprint density at radius 1 is 0.778 bits per heavy atom. The van der Waals surface area contributed by atoms with Crippen molar-refractivity contribution in [3.8, 4) is 0 Å². The Bertz CT molecular complexity index is 427. The van der Waals surface area contributed by atoms with Gasteiger partial charge in [-0.15, -0.1) is 0 Å². The first-order chi connectivity index (χ1) is 11.8. The van der Waals surface area contributed by atoms with Crippen LogP contribution in [0.15, 0.2) is 36.5 Å². The molecule has 0 saturated heterocycles. The molecule has 0 aromatic rings. The van der Waals surface area contributed by atoms with Crippen molar-refractivity contribution in [2.45, 2.75) is 45.0 Å². The normalized spacial score (nSPS) is 11.4. The molecule has 2 N–H and O–H groups in total. The van der Waals surface area contributed by atoms with Crippen molar-refractivity contribution in [2.75, 3.05) is 0 Å². The average molecular weight is 450 g/mol. The Morgan fingerprint density at radius 3 is 1.26 bits per heavy atom. The van der Waals surface area contributed by atoms with Gasteiger partial charge < -0.3 is 10.2 Å². The molecule has 0 fully saturated rings. The Kier molecular flexibility index (Phi) is 22.9. The van der Waals surface area contributed by atoms with Crippen molar-refractivity contribution in [1.29, 1.82) is 0 Å². The molecule has 0 aliphatic rings. The summed E-state index contributed by atoms with van der Waals surface area (Å²) in [5, 5.41) is 14.2. The van der Waals surface area contributed by atoms with Gasteiger partial charge in [-0.1, -0.05) is 30.7 Å². The largest absolute Gasteiger partial charge is 0.490 e. The molecule has 0 unspecified atom stereocenters. The third-order valence-electron chi connectivity index (χ3n) is 2.05. The molecule has 0 aliphatic carbocycles. The molecule has 162 valence electrons. The fourth-order valence-corrected chi connectivity index (χ4v) is 0.905. The summed E-state index contributed by atoms with van der Waals surface area (Å²) in [5.74, 6) is -5.51. The fraction of sp³-hybridized carbons (Fsp3) is 0.438. The van der Waals surface area contributed by atoms with Crippen LogP contribution in [0.2, 0.25) is 0 Å². The number of carboxylic acids is 2. The first-order valence-electron chi connectivity index (χ1n) is 7.11. The van der Waals surface area contributed by atoms with E-state index in [0.29, 0.717) is 0 Å². The quantitative estimate of drug-likeness (QED) is 0.189. The van der Waals surface area contributed by atoms with Gasteiger partial charge in [-0.05, 0) is 26.2 Å². The molecular weight excluding hydrogens is 429 g/mol. The van der Waals surface area contributed by atoms with E-state index in [1.165, 1.54) is 6.42 Å². The van der Waals surface area contributed by atoms with Crippen LogP contribution in [-0.4, -0.2) is 34.5 Å². The topological polar surface area (TPSA) is 74.6 Å². The maximum absolute atomic E-state index is 10.6. The van der Waals surface area contributed by atoms with Gasteiger partial charge in [0.25, 0.3) is 0 Å². The molecule has 27 heavy (non-hydrogen) atoms. The standard InChI is InChI=1S/C12H19.2C2HF3O2.Ni/c1-3-5-7-9-11-12-10-8-6-4-2;2*3-2(4,5)1(6)7;/h3-6,11-12H,1,7-10H2,2H3;2*(H,6,7);/q-1;;;. The molecule has 0 radical (unpaired) electrons. The third-order valence-corrected chi connectivity index (χ3v) is 2.05. The van der Waals surface area contributed by atoms with Gasteiger partial charge in [-0.3, -0.25) is 0 Å². The number of hydrogen-bond acceptors (Lipinski definition) is 2. The van der Waals surface area contributed by atoms with E-state index in [9.17, 15) is 26.3 Å². The zero-order valence-corrected chi connectivity index (χ0v) is 15.3. The fourth-order valence-electron chi connectivity index (χ4n) is 0.905. The molecule has 0 aromatic carbocycles. The Balaban J connectivity index is -0.000000153. The number of rotatable bonds is 6. The summed E-state index contributed by atoms with van der Waals surface area (Å²) >= 11 is 0. The van der Waals surface area contributed by atoms with E-state index in [1.807, 2.05) is 6.08 Å². The van der Waals surface area contributed by atoms with Crippen LogP contribution in [0.25, 0.3) is 0 Å². The SMILES string of the molecule is O=C(O)C(F)(F)F.O=C(O)C(F)(F)F.[CH2-]C=CCCC=CCCC=CC.[Ni]. The van der Waals surface area contributed by atoms with Gasteiger partial charge in [0.15, 0.2) is 0 Å². The summed E-state index contributed by atoms with van der Waals surface area (Å²) in [4.78, 5) is 17.8. The number of alkyl halides is 6. The Labute approximate surface area is 163 Å². The molecule has 11 heteroatoms. The second kappa shape index (κ2) is 18.9. The van der Waals surface area contributed by atoms with E-state index in [4.69, 9.17) is 19.8 Å². The van der Waals surface area contributed by atoms with E-state index in [1.54, 1.807) is 0 Å². The van der Waals surface area contributed by atoms with Crippen LogP contribution in [0.4, 0.5) is 26.3 Å². The summed E-state index contributed by atoms with van der Waals surface area (Å²) in [7, 11) is 0. The summed E-state index contributed by atoms with van der Waals surface area (Å²) in [6.45, 7) is 5.69. The van der Waals surface area contributed by atoms with Crippen LogP contribution in [0.3, 0.4) is 0 Å². The van der Waals surface area contributed by atoms with E-state index in [2.05, 4.69) is 44.2 Å². The Morgan fingerprint density at radius 2 is 1.04 bits per heavy atom. The van der Waals surface area contributed by atoms with E-state index in [0.717, 1.165) is 19.3 Å². The van der Waals surface area contributed by atoms with Gasteiger partial charge in [0.05, 0.1) is 0 Å². The maximum atomic E-state index is 10.6. The Hall–Kier alpha value is -1.90. The van der Waals surface area contributed by atoms with Gasteiger partial charge in [-0.25, -0.2) is 28.7 Å². The molecule has 0 saturated carbocycles.